The van der Waals surface area contributed by atoms with Gasteiger partial charge in [-0.2, -0.15) is 74.6 Å². The normalized spacial score (nSPS) is 16.9. The minimum atomic E-state index is -9.43. The van der Waals surface area contributed by atoms with E-state index in [1.807, 2.05) is 0 Å². The summed E-state index contributed by atoms with van der Waals surface area (Å²) in [6.45, 7) is 0. The first kappa shape index (κ1) is 27.7. The van der Waals surface area contributed by atoms with Crippen molar-refractivity contribution < 1.29 is 87.6 Å². The Balaban J connectivity index is 8.18. The van der Waals surface area contributed by atoms with Gasteiger partial charge in [-0.1, -0.05) is 0 Å². The van der Waals surface area contributed by atoms with E-state index in [1.165, 1.54) is 0 Å². The largest absolute Gasteiger partial charge is 0.747 e. The average molecular weight is 499 g/mol. The summed E-state index contributed by atoms with van der Waals surface area (Å²) in [4.78, 5) is 0. The SMILES string of the molecule is O=S(=O)([O-])C(C(F)(F)C(F)(F)F)(C(F)(F)C(F)(F)F)C(F)(F)C(F)(F)C(F)(F)F. The van der Waals surface area contributed by atoms with Crippen LogP contribution in [-0.2, 0) is 10.1 Å². The standard InChI is InChI=1S/C8HF17O3S/c9-2(10,5(15,16)8(23,24)25)1(29(26,27)28,3(11,12)6(17,18)19)4(13,14)7(20,21)22/h(H,26,27,28)/p-1. The van der Waals surface area contributed by atoms with Gasteiger partial charge in [0, 0.05) is 0 Å². The van der Waals surface area contributed by atoms with Crippen LogP contribution in [0.25, 0.3) is 0 Å². The summed E-state index contributed by atoms with van der Waals surface area (Å²) in [5.74, 6) is -36.0. The molecule has 0 aliphatic rings. The van der Waals surface area contributed by atoms with Crippen LogP contribution in [0, 0.1) is 0 Å². The lowest BCUT2D eigenvalue weighted by atomic mass is 9.81. The summed E-state index contributed by atoms with van der Waals surface area (Å²) in [7, 11) is -9.43. The molecule has 29 heavy (non-hydrogen) atoms. The molecule has 3 nitrogen and oxygen atoms in total. The molecule has 0 fully saturated rings. The molecule has 0 amide bonds. The van der Waals surface area contributed by atoms with Crippen molar-refractivity contribution in [2.75, 3.05) is 0 Å². The quantitative estimate of drug-likeness (QED) is 0.414. The van der Waals surface area contributed by atoms with Crippen molar-refractivity contribution in [3.05, 3.63) is 0 Å². The fourth-order valence-electron chi connectivity index (χ4n) is 1.86. The molecule has 0 unspecified atom stereocenters. The number of halogens is 17. The van der Waals surface area contributed by atoms with E-state index in [4.69, 9.17) is 0 Å². The molecular weight excluding hydrogens is 499 g/mol. The van der Waals surface area contributed by atoms with E-state index < -0.39 is 57.1 Å². The van der Waals surface area contributed by atoms with Gasteiger partial charge in [-0.3, -0.25) is 0 Å². The highest BCUT2D eigenvalue weighted by Gasteiger charge is 3.00. The van der Waals surface area contributed by atoms with Gasteiger partial charge in [0.05, 0.1) is 0 Å². The second kappa shape index (κ2) is 6.36. The van der Waals surface area contributed by atoms with E-state index in [9.17, 15) is 87.6 Å². The fraction of sp³-hybridized carbons (Fsp3) is 1.00. The van der Waals surface area contributed by atoms with Crippen LogP contribution in [0.4, 0.5) is 74.6 Å². The van der Waals surface area contributed by atoms with Gasteiger partial charge in [0.2, 0.25) is 0 Å². The van der Waals surface area contributed by atoms with Crippen molar-refractivity contribution in [1.82, 2.24) is 0 Å². The smallest absolute Gasteiger partial charge is 0.459 e. The van der Waals surface area contributed by atoms with Gasteiger partial charge < -0.3 is 4.55 Å². The highest BCUT2D eigenvalue weighted by Crippen LogP contribution is 2.67. The molecule has 0 aromatic rings. The minimum absolute atomic E-state index is 8.20. The lowest BCUT2D eigenvalue weighted by Crippen LogP contribution is -2.84. The van der Waals surface area contributed by atoms with Gasteiger partial charge in [-0.15, -0.1) is 0 Å². The van der Waals surface area contributed by atoms with Gasteiger partial charge in [0.15, 0.2) is 0 Å². The molecule has 0 aliphatic heterocycles. The Bertz CT molecular complexity index is 697. The van der Waals surface area contributed by atoms with Crippen molar-refractivity contribution in [3.8, 4) is 0 Å². The number of hydrogen-bond donors (Lipinski definition) is 0. The predicted octanol–water partition coefficient (Wildman–Crippen LogP) is 4.50. The maximum absolute atomic E-state index is 13.6. The van der Waals surface area contributed by atoms with Crippen LogP contribution < -0.4 is 0 Å². The number of alkyl halides is 17. The summed E-state index contributed by atoms with van der Waals surface area (Å²) in [6.07, 6.45) is -25.0. The summed E-state index contributed by atoms with van der Waals surface area (Å²) in [6, 6.07) is 0. The first-order valence-corrected chi connectivity index (χ1v) is 7.08. The summed E-state index contributed by atoms with van der Waals surface area (Å²) < 4.78 is 238. The molecule has 176 valence electrons. The minimum Gasteiger partial charge on any atom is -0.747 e. The summed E-state index contributed by atoms with van der Waals surface area (Å²) in [5, 5.41) is 0. The van der Waals surface area contributed by atoms with Crippen molar-refractivity contribution in [3.63, 3.8) is 0 Å². The second-order valence-electron chi connectivity index (χ2n) is 4.93. The van der Waals surface area contributed by atoms with Crippen LogP contribution in [0.2, 0.25) is 0 Å². The van der Waals surface area contributed by atoms with Crippen molar-refractivity contribution >= 4 is 10.1 Å². The predicted molar refractivity (Wildman–Crippen MR) is 50.4 cm³/mol. The first-order chi connectivity index (χ1) is 12.0. The van der Waals surface area contributed by atoms with Crippen LogP contribution in [0.3, 0.4) is 0 Å². The molecule has 0 N–H and O–H groups in total. The molecule has 0 heterocycles. The molecule has 0 aliphatic carbocycles. The maximum Gasteiger partial charge on any atom is 0.459 e. The topological polar surface area (TPSA) is 57.2 Å². The summed E-state index contributed by atoms with van der Waals surface area (Å²) in [5.41, 5.74) is 0. The first-order valence-electron chi connectivity index (χ1n) is 5.67. The van der Waals surface area contributed by atoms with Crippen molar-refractivity contribution in [2.45, 2.75) is 47.0 Å². The van der Waals surface area contributed by atoms with Crippen LogP contribution >= 0.6 is 0 Å². The van der Waals surface area contributed by atoms with Crippen molar-refractivity contribution in [2.24, 2.45) is 0 Å². The van der Waals surface area contributed by atoms with E-state index in [0.717, 1.165) is 0 Å². The maximum atomic E-state index is 13.6. The van der Waals surface area contributed by atoms with Crippen LogP contribution in [0.1, 0.15) is 0 Å². The zero-order valence-electron chi connectivity index (χ0n) is 12.1. The Morgan fingerprint density at radius 3 is 0.759 bits per heavy atom. The average Bonchev–Trinajstić information content (AvgIpc) is 2.31. The highest BCUT2D eigenvalue weighted by molar-refractivity contribution is 7.87. The monoisotopic (exact) mass is 499 g/mol. The van der Waals surface area contributed by atoms with Gasteiger partial charge in [0.25, 0.3) is 4.75 Å². The number of rotatable bonds is 5. The molecule has 21 heteroatoms. The Morgan fingerprint density at radius 1 is 0.414 bits per heavy atom. The molecule has 0 saturated carbocycles. The van der Waals surface area contributed by atoms with E-state index in [-0.39, 0.29) is 0 Å². The third-order valence-electron chi connectivity index (χ3n) is 3.16. The fourth-order valence-corrected chi connectivity index (χ4v) is 3.16. The highest BCUT2D eigenvalue weighted by atomic mass is 32.2. The second-order valence-corrected chi connectivity index (χ2v) is 6.45. The summed E-state index contributed by atoms with van der Waals surface area (Å²) >= 11 is 0. The van der Waals surface area contributed by atoms with E-state index >= 15 is 0 Å². The van der Waals surface area contributed by atoms with E-state index in [0.29, 0.717) is 0 Å². The molecule has 0 saturated heterocycles. The third-order valence-corrected chi connectivity index (χ3v) is 4.68. The Hall–Kier alpha value is -1.28. The zero-order chi connectivity index (χ0) is 24.5. The Morgan fingerprint density at radius 2 is 0.621 bits per heavy atom. The van der Waals surface area contributed by atoms with Gasteiger partial charge >= 0.3 is 42.2 Å². The van der Waals surface area contributed by atoms with E-state index in [2.05, 4.69) is 0 Å². The van der Waals surface area contributed by atoms with Crippen LogP contribution in [-0.4, -0.2) is 59.9 Å². The number of hydrogen-bond acceptors (Lipinski definition) is 3. The van der Waals surface area contributed by atoms with Gasteiger partial charge in [0.1, 0.15) is 10.1 Å². The van der Waals surface area contributed by atoms with Gasteiger partial charge in [-0.25, -0.2) is 8.42 Å². The molecule has 0 rings (SSSR count). The van der Waals surface area contributed by atoms with Crippen molar-refractivity contribution in [1.29, 1.82) is 0 Å². The molecule has 0 bridgehead atoms. The molecule has 0 radical (unpaired) electrons. The third kappa shape index (κ3) is 3.26. The van der Waals surface area contributed by atoms with Crippen LogP contribution in [0.15, 0.2) is 0 Å². The Kier molecular flexibility index (Phi) is 6.08. The lowest BCUT2D eigenvalue weighted by molar-refractivity contribution is -0.433. The lowest BCUT2D eigenvalue weighted by Gasteiger charge is -2.51. The zero-order valence-corrected chi connectivity index (χ0v) is 12.9. The molecule has 0 atom stereocenters. The Labute approximate surface area is 146 Å². The molecule has 0 spiro atoms. The van der Waals surface area contributed by atoms with Gasteiger partial charge in [-0.05, 0) is 0 Å². The molecule has 0 aromatic heterocycles. The van der Waals surface area contributed by atoms with E-state index in [1.54, 1.807) is 0 Å². The molecule has 0 aromatic carbocycles. The molecular formula is C8F17O3S-. The van der Waals surface area contributed by atoms with Crippen LogP contribution in [0.5, 0.6) is 0 Å².